The summed E-state index contributed by atoms with van der Waals surface area (Å²) in [5.74, 6) is 0.565. The van der Waals surface area contributed by atoms with E-state index in [4.69, 9.17) is 28.7 Å². The maximum Gasteiger partial charge on any atom is 0.488 e. The largest absolute Gasteiger partial charge is 0.488 e. The molecular formula is C118H102B3Br5IN4O10P. The van der Waals surface area contributed by atoms with Crippen molar-refractivity contribution in [3.63, 3.8) is 0 Å². The Bertz CT molecular complexity index is 7660. The number of aromatic amines is 1. The van der Waals surface area contributed by atoms with Crippen LogP contribution in [0.5, 0.6) is 0 Å². The van der Waals surface area contributed by atoms with Crippen molar-refractivity contribution in [2.75, 3.05) is 0 Å². The van der Waals surface area contributed by atoms with Crippen molar-refractivity contribution in [2.24, 2.45) is 5.92 Å². The predicted octanol–water partition coefficient (Wildman–Crippen LogP) is 32.3. The van der Waals surface area contributed by atoms with Crippen molar-refractivity contribution in [3.8, 4) is 27.9 Å². The standard InChI is InChI=1S/C28H18BrN.C18H15P.C16H10BrNO2.C16H10BrN.C12H24B2O4.C12H13I.C10H5Br2NO2.C6H7BO2/c29-25-18-27-28(23-11-5-4-10-22(23)25)24-12-6-7-13-26(24)30(27)21-16-14-20(15-17-21)19-8-2-1-3-9-19;1-4-10-16(11-5-1)19(17-12-6-2-7-13-17)18-14-8-3-9-15-18;17-14-10-15(18(19)20)16(11-6-2-1-3-7-11)13-9-5-4-8-12(13)14;17-13-9-15-16(11-6-2-1-5-10(11)13)12-7-3-4-8-14(12)18-15;1-9(2)10(3,4)16-13(15-9)14-17-11(5,6)12(7,8)18-14;1-2-12(13)10-6-9-11-7-4-3-5-8-11;11-8-5-9(13(14)15)10(12)7-4-2-1-3-6(7)8;8-7(9)6-4-2-1-3-5-6/h1-18H;1-15H;1-10H;1-9,18H;1-8H3;2-7,9-11H,1,8H2;1-5H;1-5,8-9H/b;;;;;9-6+,12-10+;;. The van der Waals surface area contributed by atoms with E-state index in [2.05, 4.69) is 416 Å². The first-order valence-electron chi connectivity index (χ1n) is 46.2. The van der Waals surface area contributed by atoms with Gasteiger partial charge in [0.25, 0.3) is 11.4 Å². The van der Waals surface area contributed by atoms with Crippen LogP contribution in [0.2, 0.25) is 0 Å². The van der Waals surface area contributed by atoms with E-state index in [-0.39, 0.29) is 38.7 Å². The molecule has 0 radical (unpaired) electrons. The fraction of sp³-hybridized carbons (Fsp3) is 0.119. The molecule has 710 valence electrons. The third-order valence-corrected chi connectivity index (χ3v) is 32.1. The smallest absolute Gasteiger partial charge is 0.423 e. The topological polar surface area (TPSA) is 184 Å². The number of H-pyrrole nitrogens is 1. The molecule has 4 heterocycles. The maximum absolute atomic E-state index is 11.4. The number of nitro groups is 2. The molecule has 1 atom stereocenters. The highest BCUT2D eigenvalue weighted by Crippen LogP contribution is 2.47. The fourth-order valence-corrected chi connectivity index (χ4v) is 22.2. The molecule has 22 rings (SSSR count). The third-order valence-electron chi connectivity index (χ3n) is 25.4. The summed E-state index contributed by atoms with van der Waals surface area (Å²) in [6, 6.07) is 127. The molecule has 0 bridgehead atoms. The van der Waals surface area contributed by atoms with E-state index in [0.29, 0.717) is 21.4 Å². The van der Waals surface area contributed by atoms with Crippen molar-refractivity contribution < 1.29 is 38.5 Å². The average Bonchev–Trinajstić information content (AvgIpc) is 1.71. The monoisotopic (exact) mass is 2320 g/mol. The number of allylic oxidation sites excluding steroid dienone is 9. The summed E-state index contributed by atoms with van der Waals surface area (Å²) in [5, 5.41) is 57.4. The molecular weight excluding hydrogens is 2220 g/mol. The van der Waals surface area contributed by atoms with Gasteiger partial charge < -0.3 is 38.2 Å². The third kappa shape index (κ3) is 24.7. The Morgan fingerprint density at radius 2 is 0.810 bits per heavy atom. The molecule has 142 heavy (non-hydrogen) atoms. The lowest BCUT2D eigenvalue weighted by Crippen LogP contribution is -2.41. The summed E-state index contributed by atoms with van der Waals surface area (Å²) < 4.78 is 31.6. The number of nitro benzene ring substituents is 2. The van der Waals surface area contributed by atoms with Crippen LogP contribution in [0.4, 0.5) is 11.4 Å². The summed E-state index contributed by atoms with van der Waals surface area (Å²) in [7, 11) is -2.74. The first kappa shape index (κ1) is 105. The second-order valence-electron chi connectivity index (χ2n) is 35.7. The van der Waals surface area contributed by atoms with E-state index in [9.17, 15) is 20.2 Å². The van der Waals surface area contributed by atoms with E-state index in [1.54, 1.807) is 30.3 Å². The molecule has 2 saturated heterocycles. The van der Waals surface area contributed by atoms with Crippen molar-refractivity contribution >= 4 is 251 Å². The Labute approximate surface area is 886 Å². The van der Waals surface area contributed by atoms with Crippen LogP contribution in [0.15, 0.2) is 457 Å². The zero-order valence-corrected chi connectivity index (χ0v) is 90.3. The molecule has 3 N–H and O–H groups in total. The van der Waals surface area contributed by atoms with E-state index in [0.717, 1.165) is 51.4 Å². The molecule has 17 aromatic carbocycles. The summed E-state index contributed by atoms with van der Waals surface area (Å²) in [5.41, 5.74) is 9.23. The lowest BCUT2D eigenvalue weighted by molar-refractivity contribution is -0.385. The molecule has 24 heteroatoms. The van der Waals surface area contributed by atoms with Gasteiger partial charge >= 0.3 is 21.1 Å². The van der Waals surface area contributed by atoms with Gasteiger partial charge in [-0.3, -0.25) is 20.2 Å². The number of hydrogen-bond donors (Lipinski definition) is 3. The summed E-state index contributed by atoms with van der Waals surface area (Å²) in [6.07, 6.45) is 17.9. The van der Waals surface area contributed by atoms with Gasteiger partial charge in [0.15, 0.2) is 0 Å². The second kappa shape index (κ2) is 47.7. The normalized spacial score (nSPS) is 14.6. The molecule has 0 saturated carbocycles. The second-order valence-corrected chi connectivity index (χ2v) is 43.4. The highest BCUT2D eigenvalue weighted by Gasteiger charge is 2.64. The summed E-state index contributed by atoms with van der Waals surface area (Å²) in [4.78, 5) is 24.9. The first-order chi connectivity index (χ1) is 68.4. The minimum Gasteiger partial charge on any atom is -0.423 e. The lowest BCUT2D eigenvalue weighted by Gasteiger charge is -2.32. The van der Waals surface area contributed by atoms with Crippen LogP contribution in [-0.4, -0.2) is 73.0 Å². The van der Waals surface area contributed by atoms with Crippen LogP contribution in [-0.2, 0) is 18.6 Å². The molecule has 2 aromatic heterocycles. The molecule has 14 nitrogen and oxygen atoms in total. The Balaban J connectivity index is 0.000000125. The number of rotatable bonds is 13. The van der Waals surface area contributed by atoms with Crippen LogP contribution in [0.1, 0.15) is 61.8 Å². The maximum atomic E-state index is 11.4. The molecule has 19 aromatic rings. The number of nitrogens with zero attached hydrogens (tertiary/aromatic N) is 3. The van der Waals surface area contributed by atoms with Crippen molar-refractivity contribution in [2.45, 2.75) is 84.2 Å². The van der Waals surface area contributed by atoms with Gasteiger partial charge in [-0.2, -0.15) is 0 Å². The Kier molecular flexibility index (Phi) is 35.2. The SMILES string of the molecule is Brc1cc2[nH]c3ccccc3c2c2ccccc12.Brc1cc2c(c3ccccc13)c1ccccc1n2-c1ccc(-c2ccccc2)cc1.C=C/C(I)=C\C=C\C1C=CC=CC1.CC1(C)OB(B2OC(C)(C)C(C)(C)O2)OC1(C)C.O=[N+]([O-])c1cc(Br)c2ccccc2c1-c1ccccc1.O=[N+]([O-])c1cc(Br)c2ccccc2c1Br.OB(O)c1ccccc1.c1ccc(P(c2ccccc2)c2ccccc2)cc1. The van der Waals surface area contributed by atoms with E-state index in [1.165, 1.54) is 108 Å². The van der Waals surface area contributed by atoms with Crippen LogP contribution in [0.25, 0.3) is 115 Å². The molecule has 0 spiro atoms. The van der Waals surface area contributed by atoms with Gasteiger partial charge in [0.2, 0.25) is 0 Å². The number of aromatic nitrogens is 2. The number of fused-ring (bicyclic) bond motifs is 12. The van der Waals surface area contributed by atoms with Crippen molar-refractivity contribution in [1.29, 1.82) is 0 Å². The van der Waals surface area contributed by atoms with Gasteiger partial charge in [-0.15, -0.1) is 0 Å². The van der Waals surface area contributed by atoms with Gasteiger partial charge in [-0.25, -0.2) is 0 Å². The molecule has 3 aliphatic rings. The van der Waals surface area contributed by atoms with E-state index < -0.39 is 34.0 Å². The predicted molar refractivity (Wildman–Crippen MR) is 624 cm³/mol. The van der Waals surface area contributed by atoms with Gasteiger partial charge in [0.05, 0.1) is 48.8 Å². The summed E-state index contributed by atoms with van der Waals surface area (Å²) >= 11 is 19.7. The van der Waals surface area contributed by atoms with Crippen LogP contribution in [0, 0.1) is 26.1 Å². The zero-order valence-electron chi connectivity index (χ0n) is 79.4. The van der Waals surface area contributed by atoms with Gasteiger partial charge in [-0.1, -0.05) is 409 Å². The minimum absolute atomic E-state index is 0.0700. The molecule has 2 fully saturated rings. The average molecular weight is 2330 g/mol. The number of halogens is 6. The Morgan fingerprint density at radius 1 is 0.430 bits per heavy atom. The van der Waals surface area contributed by atoms with Crippen LogP contribution in [0.3, 0.4) is 0 Å². The number of nitrogens with one attached hydrogen (secondary N) is 1. The lowest BCUT2D eigenvalue weighted by atomic mass is 9.49. The first-order valence-corrected chi connectivity index (χ1v) is 52.6. The molecule has 1 unspecified atom stereocenters. The number of benzene rings is 17. The fourth-order valence-electron chi connectivity index (χ4n) is 16.9. The summed E-state index contributed by atoms with van der Waals surface area (Å²) in [6.45, 7) is 19.9. The van der Waals surface area contributed by atoms with Crippen LogP contribution >= 0.6 is 110 Å². The van der Waals surface area contributed by atoms with Gasteiger partial charge in [0.1, 0.15) is 4.47 Å². The highest BCUT2D eigenvalue weighted by atomic mass is 127. The molecule has 0 amide bonds. The van der Waals surface area contributed by atoms with Gasteiger partial charge in [-0.05, 0) is 264 Å². The van der Waals surface area contributed by atoms with Crippen molar-refractivity contribution in [1.82, 2.24) is 9.55 Å². The Morgan fingerprint density at radius 3 is 1.27 bits per heavy atom. The number of hydrogen-bond acceptors (Lipinski definition) is 10. The minimum atomic E-state index is -1.34. The van der Waals surface area contributed by atoms with E-state index >= 15 is 0 Å². The van der Waals surface area contributed by atoms with Crippen molar-refractivity contribution in [3.05, 3.63) is 477 Å². The zero-order chi connectivity index (χ0) is 100. The van der Waals surface area contributed by atoms with E-state index in [1.807, 2.05) is 146 Å². The Hall–Kier alpha value is -11.6. The van der Waals surface area contributed by atoms with Gasteiger partial charge in [0, 0.05) is 77.3 Å². The molecule has 1 aliphatic carbocycles. The molecule has 2 aliphatic heterocycles. The highest BCUT2D eigenvalue weighted by molar-refractivity contribution is 14.1. The quantitative estimate of drug-likeness (QED) is 0.0251. The van der Waals surface area contributed by atoms with Crippen LogP contribution < -0.4 is 21.4 Å². The number of para-hydroxylation sites is 2.